The van der Waals surface area contributed by atoms with E-state index >= 15 is 0 Å². The van der Waals surface area contributed by atoms with Crippen LogP contribution >= 0.6 is 11.6 Å². The Morgan fingerprint density at radius 1 is 1.11 bits per heavy atom. The van der Waals surface area contributed by atoms with Gasteiger partial charge in [-0.1, -0.05) is 29.8 Å². The van der Waals surface area contributed by atoms with E-state index in [0.717, 1.165) is 0 Å². The van der Waals surface area contributed by atoms with Crippen LogP contribution in [0, 0.1) is 0 Å². The molecule has 1 N–H and O–H groups in total. The molecule has 7 nitrogen and oxygen atoms in total. The van der Waals surface area contributed by atoms with Crippen LogP contribution in [0.3, 0.4) is 0 Å². The number of nitrogens with one attached hydrogen (secondary N) is 1. The van der Waals surface area contributed by atoms with Gasteiger partial charge in [0.25, 0.3) is 0 Å². The lowest BCUT2D eigenvalue weighted by molar-refractivity contribution is -0.144. The minimum absolute atomic E-state index is 0.0167. The second-order valence-electron chi connectivity index (χ2n) is 5.46. The lowest BCUT2D eigenvalue weighted by Crippen LogP contribution is -2.26. The van der Waals surface area contributed by atoms with E-state index in [1.807, 2.05) is 0 Å². The van der Waals surface area contributed by atoms with Gasteiger partial charge in [0.1, 0.15) is 6.61 Å². The Hall–Kier alpha value is -2.42. The molecule has 0 saturated carbocycles. The largest absolute Gasteiger partial charge is 0.465 e. The van der Waals surface area contributed by atoms with Gasteiger partial charge in [0, 0.05) is 11.6 Å². The summed E-state index contributed by atoms with van der Waals surface area (Å²) in [6, 6.07) is 12.3. The molecule has 0 aromatic heterocycles. The normalized spacial score (nSPS) is 11.0. The number of carbonyl (C=O) groups is 2. The van der Waals surface area contributed by atoms with Gasteiger partial charge in [-0.15, -0.1) is 0 Å². The third-order valence-electron chi connectivity index (χ3n) is 3.48. The number of esters is 2. The molecule has 0 unspecified atom stereocenters. The first-order valence-corrected chi connectivity index (χ1v) is 9.76. The number of halogens is 1. The smallest absolute Gasteiger partial charge is 0.337 e. The monoisotopic (exact) mass is 411 g/mol. The summed E-state index contributed by atoms with van der Waals surface area (Å²) in [6.07, 6.45) is -0.142. The van der Waals surface area contributed by atoms with Crippen molar-refractivity contribution in [3.63, 3.8) is 0 Å². The minimum Gasteiger partial charge on any atom is -0.465 e. The highest BCUT2D eigenvalue weighted by molar-refractivity contribution is 7.89. The van der Waals surface area contributed by atoms with E-state index in [2.05, 4.69) is 9.46 Å². The number of ether oxygens (including phenoxy) is 2. The molecule has 0 aliphatic rings. The summed E-state index contributed by atoms with van der Waals surface area (Å²) in [5.41, 5.74) is 0.964. The fraction of sp³-hybridized carbons (Fsp3) is 0.222. The number of sulfonamides is 1. The minimum atomic E-state index is -3.76. The van der Waals surface area contributed by atoms with E-state index in [1.54, 1.807) is 30.3 Å². The fourth-order valence-corrected chi connectivity index (χ4v) is 3.48. The average molecular weight is 412 g/mol. The zero-order valence-electron chi connectivity index (χ0n) is 14.5. The Labute approximate surface area is 162 Å². The quantitative estimate of drug-likeness (QED) is 0.670. The van der Waals surface area contributed by atoms with Gasteiger partial charge in [-0.3, -0.25) is 4.79 Å². The predicted octanol–water partition coefficient (Wildman–Crippen LogP) is 2.54. The van der Waals surface area contributed by atoms with E-state index < -0.39 is 22.0 Å². The number of hydrogen-bond donors (Lipinski definition) is 1. The molecule has 0 amide bonds. The number of methoxy groups -OCH3 is 1. The molecular weight excluding hydrogens is 394 g/mol. The zero-order valence-corrected chi connectivity index (χ0v) is 16.0. The Bertz CT molecular complexity index is 929. The molecule has 9 heteroatoms. The van der Waals surface area contributed by atoms with Crippen LogP contribution in [0.5, 0.6) is 0 Å². The topological polar surface area (TPSA) is 98.8 Å². The van der Waals surface area contributed by atoms with E-state index in [9.17, 15) is 18.0 Å². The standard InChI is InChI=1S/C18H18ClNO6S/c1-25-18(22)14-5-2-4-13(10-14)12-26-17(21)8-9-20-27(23,24)16-7-3-6-15(19)11-16/h2-7,10-11,20H,8-9,12H2,1H3. The first-order chi connectivity index (χ1) is 12.8. The van der Waals surface area contributed by atoms with Crippen LogP contribution in [0.2, 0.25) is 5.02 Å². The third kappa shape index (κ3) is 6.35. The molecule has 0 aliphatic heterocycles. The summed E-state index contributed by atoms with van der Waals surface area (Å²) in [7, 11) is -2.48. The Morgan fingerprint density at radius 2 is 1.85 bits per heavy atom. The van der Waals surface area contributed by atoms with Crippen molar-refractivity contribution in [1.82, 2.24) is 4.72 Å². The SMILES string of the molecule is COC(=O)c1cccc(COC(=O)CCNS(=O)(=O)c2cccc(Cl)c2)c1. The molecule has 0 atom stereocenters. The van der Waals surface area contributed by atoms with Crippen molar-refractivity contribution in [2.45, 2.75) is 17.9 Å². The van der Waals surface area contributed by atoms with Gasteiger partial charge in [-0.05, 0) is 35.9 Å². The molecule has 27 heavy (non-hydrogen) atoms. The highest BCUT2D eigenvalue weighted by Gasteiger charge is 2.15. The fourth-order valence-electron chi connectivity index (χ4n) is 2.15. The van der Waals surface area contributed by atoms with Gasteiger partial charge in [-0.25, -0.2) is 17.9 Å². The molecule has 0 heterocycles. The summed E-state index contributed by atoms with van der Waals surface area (Å²) >= 11 is 5.78. The molecule has 0 saturated heterocycles. The summed E-state index contributed by atoms with van der Waals surface area (Å²) in [6.45, 7) is -0.152. The van der Waals surface area contributed by atoms with Crippen molar-refractivity contribution < 1.29 is 27.5 Å². The van der Waals surface area contributed by atoms with Crippen LogP contribution in [0.15, 0.2) is 53.4 Å². The van der Waals surface area contributed by atoms with Crippen LogP contribution in [-0.4, -0.2) is 34.0 Å². The average Bonchev–Trinajstić information content (AvgIpc) is 2.66. The van der Waals surface area contributed by atoms with Crippen molar-refractivity contribution in [3.05, 3.63) is 64.7 Å². The molecule has 0 radical (unpaired) electrons. The molecule has 2 rings (SSSR count). The van der Waals surface area contributed by atoms with Gasteiger partial charge in [-0.2, -0.15) is 0 Å². The second-order valence-corrected chi connectivity index (χ2v) is 7.66. The maximum atomic E-state index is 12.1. The van der Waals surface area contributed by atoms with Crippen LogP contribution in [0.4, 0.5) is 0 Å². The molecule has 2 aromatic carbocycles. The first kappa shape index (κ1) is 20.9. The van der Waals surface area contributed by atoms with E-state index in [-0.39, 0.29) is 24.5 Å². The number of hydrogen-bond acceptors (Lipinski definition) is 6. The molecule has 0 spiro atoms. The molecule has 144 valence electrons. The highest BCUT2D eigenvalue weighted by Crippen LogP contribution is 2.15. The van der Waals surface area contributed by atoms with Gasteiger partial charge < -0.3 is 9.47 Å². The van der Waals surface area contributed by atoms with Gasteiger partial charge in [0.15, 0.2) is 0 Å². The molecule has 0 bridgehead atoms. The predicted molar refractivity (Wildman–Crippen MR) is 98.8 cm³/mol. The number of carbonyl (C=O) groups excluding carboxylic acids is 2. The molecular formula is C18H18ClNO6S. The molecule has 0 fully saturated rings. The van der Waals surface area contributed by atoms with Crippen LogP contribution in [-0.2, 0) is 30.9 Å². The van der Waals surface area contributed by atoms with E-state index in [0.29, 0.717) is 16.1 Å². The maximum absolute atomic E-state index is 12.1. The lowest BCUT2D eigenvalue weighted by atomic mass is 10.1. The van der Waals surface area contributed by atoms with Gasteiger partial charge in [0.05, 0.1) is 24.0 Å². The van der Waals surface area contributed by atoms with Crippen LogP contribution < -0.4 is 4.72 Å². The molecule has 2 aromatic rings. The van der Waals surface area contributed by atoms with Crippen LogP contribution in [0.25, 0.3) is 0 Å². The summed E-state index contributed by atoms with van der Waals surface area (Å²) in [5.74, 6) is -1.06. The van der Waals surface area contributed by atoms with Gasteiger partial charge >= 0.3 is 11.9 Å². The van der Waals surface area contributed by atoms with Crippen molar-refractivity contribution in [2.24, 2.45) is 0 Å². The van der Waals surface area contributed by atoms with E-state index in [1.165, 1.54) is 25.3 Å². The molecule has 0 aliphatic carbocycles. The lowest BCUT2D eigenvalue weighted by Gasteiger charge is -2.08. The zero-order chi connectivity index (χ0) is 19.9. The Morgan fingerprint density at radius 3 is 2.56 bits per heavy atom. The Kier molecular flexibility index (Phi) is 7.35. The first-order valence-electron chi connectivity index (χ1n) is 7.90. The third-order valence-corrected chi connectivity index (χ3v) is 5.17. The summed E-state index contributed by atoms with van der Waals surface area (Å²) in [5, 5.41) is 0.298. The highest BCUT2D eigenvalue weighted by atomic mass is 35.5. The Balaban J connectivity index is 1.82. The maximum Gasteiger partial charge on any atom is 0.337 e. The van der Waals surface area contributed by atoms with Gasteiger partial charge in [0.2, 0.25) is 10.0 Å². The second kappa shape index (κ2) is 9.50. The number of benzene rings is 2. The van der Waals surface area contributed by atoms with Crippen molar-refractivity contribution in [2.75, 3.05) is 13.7 Å². The van der Waals surface area contributed by atoms with Crippen molar-refractivity contribution in [3.8, 4) is 0 Å². The van der Waals surface area contributed by atoms with E-state index in [4.69, 9.17) is 16.3 Å². The summed E-state index contributed by atoms with van der Waals surface area (Å²) in [4.78, 5) is 23.3. The number of rotatable bonds is 8. The summed E-state index contributed by atoms with van der Waals surface area (Å²) < 4.78 is 36.2. The van der Waals surface area contributed by atoms with Crippen LogP contribution in [0.1, 0.15) is 22.3 Å². The van der Waals surface area contributed by atoms with Crippen molar-refractivity contribution in [1.29, 1.82) is 0 Å². The van der Waals surface area contributed by atoms with Crippen molar-refractivity contribution >= 4 is 33.6 Å².